The Labute approximate surface area is 188 Å². The van der Waals surface area contributed by atoms with E-state index in [2.05, 4.69) is 29.3 Å². The van der Waals surface area contributed by atoms with Crippen LogP contribution < -0.4 is 15.0 Å². The number of amides is 2. The van der Waals surface area contributed by atoms with Gasteiger partial charge in [0.25, 0.3) is 11.1 Å². The van der Waals surface area contributed by atoms with Crippen LogP contribution in [-0.2, 0) is 4.79 Å². The first kappa shape index (κ1) is 21.1. The molecule has 3 aromatic rings. The molecule has 0 bridgehead atoms. The number of benzene rings is 2. The van der Waals surface area contributed by atoms with Gasteiger partial charge in [-0.2, -0.15) is 0 Å². The van der Waals surface area contributed by atoms with Crippen molar-refractivity contribution in [3.63, 3.8) is 0 Å². The van der Waals surface area contributed by atoms with Gasteiger partial charge in [0, 0.05) is 17.5 Å². The molecule has 1 fully saturated rings. The third-order valence-electron chi connectivity index (χ3n) is 4.67. The number of anilines is 1. The van der Waals surface area contributed by atoms with E-state index in [4.69, 9.17) is 9.72 Å². The molecule has 1 aromatic heterocycles. The van der Waals surface area contributed by atoms with Crippen molar-refractivity contribution in [3.8, 4) is 17.0 Å². The number of ether oxygens (including phenoxy) is 1. The zero-order chi connectivity index (χ0) is 21.8. The Bertz CT molecular complexity index is 1120. The standard InChI is InChI=1S/C23H21N3O3S2/c1-15-20(17-6-4-3-5-7-17)24-22(30-15)26(2)12-13-29-18-10-8-16(9-11-18)14-19-21(27)25-23(28)31-19/h3-11,14H,12-13H2,1-2H3,(H,25,27,28)/b19-14-. The minimum atomic E-state index is -0.355. The SMILES string of the molecule is Cc1sc(N(C)CCOc2ccc(/C=C3\SC(=O)NC3=O)cc2)nc1-c1ccccc1. The molecule has 1 N–H and O–H groups in total. The smallest absolute Gasteiger partial charge is 0.290 e. The summed E-state index contributed by atoms with van der Waals surface area (Å²) in [6, 6.07) is 17.6. The summed E-state index contributed by atoms with van der Waals surface area (Å²) in [6.07, 6.45) is 1.69. The van der Waals surface area contributed by atoms with Crippen LogP contribution in [0.15, 0.2) is 59.5 Å². The van der Waals surface area contributed by atoms with Crippen molar-refractivity contribution >= 4 is 45.5 Å². The minimum Gasteiger partial charge on any atom is -0.492 e. The lowest BCUT2D eigenvalue weighted by Crippen LogP contribution is -2.23. The first-order valence-electron chi connectivity index (χ1n) is 9.71. The summed E-state index contributed by atoms with van der Waals surface area (Å²) in [5.74, 6) is 0.390. The monoisotopic (exact) mass is 451 g/mol. The van der Waals surface area contributed by atoms with E-state index in [1.807, 2.05) is 49.5 Å². The molecule has 0 atom stereocenters. The van der Waals surface area contributed by atoms with Crippen molar-refractivity contribution in [3.05, 3.63) is 69.9 Å². The maximum atomic E-state index is 11.6. The summed E-state index contributed by atoms with van der Waals surface area (Å²) in [6.45, 7) is 3.31. The molecule has 0 unspecified atom stereocenters. The number of nitrogens with one attached hydrogen (secondary N) is 1. The summed E-state index contributed by atoms with van der Waals surface area (Å²) < 4.78 is 5.86. The van der Waals surface area contributed by atoms with Crippen LogP contribution in [0.2, 0.25) is 0 Å². The number of thioether (sulfide) groups is 1. The molecule has 6 nitrogen and oxygen atoms in total. The normalized spacial score (nSPS) is 14.7. The van der Waals surface area contributed by atoms with Crippen LogP contribution in [0.1, 0.15) is 10.4 Å². The number of carbonyl (C=O) groups excluding carboxylic acids is 2. The first-order chi connectivity index (χ1) is 15.0. The predicted molar refractivity (Wildman–Crippen MR) is 127 cm³/mol. The second-order valence-electron chi connectivity index (χ2n) is 6.96. The number of aryl methyl sites for hydroxylation is 1. The fraction of sp³-hybridized carbons (Fsp3) is 0.174. The Morgan fingerprint density at radius 3 is 2.52 bits per heavy atom. The van der Waals surface area contributed by atoms with Gasteiger partial charge < -0.3 is 9.64 Å². The summed E-state index contributed by atoms with van der Waals surface area (Å²) in [4.78, 5) is 31.3. The maximum Gasteiger partial charge on any atom is 0.290 e. The number of rotatable bonds is 7. The summed E-state index contributed by atoms with van der Waals surface area (Å²) in [5, 5.41) is 2.87. The summed E-state index contributed by atoms with van der Waals surface area (Å²) in [7, 11) is 2.01. The topological polar surface area (TPSA) is 71.5 Å². The van der Waals surface area contributed by atoms with Crippen LogP contribution in [0.5, 0.6) is 5.75 Å². The van der Waals surface area contributed by atoms with Crippen molar-refractivity contribution < 1.29 is 14.3 Å². The lowest BCUT2D eigenvalue weighted by Gasteiger charge is -2.16. The van der Waals surface area contributed by atoms with Gasteiger partial charge in [-0.05, 0) is 42.5 Å². The van der Waals surface area contributed by atoms with E-state index >= 15 is 0 Å². The number of aromatic nitrogens is 1. The maximum absolute atomic E-state index is 11.6. The van der Waals surface area contributed by atoms with E-state index in [0.717, 1.165) is 39.5 Å². The number of imide groups is 1. The van der Waals surface area contributed by atoms with Crippen molar-refractivity contribution in [2.75, 3.05) is 25.1 Å². The molecule has 0 aliphatic carbocycles. The van der Waals surface area contributed by atoms with Crippen molar-refractivity contribution in [1.82, 2.24) is 10.3 Å². The van der Waals surface area contributed by atoms with Gasteiger partial charge in [0.05, 0.1) is 17.1 Å². The molecule has 1 aliphatic rings. The molecule has 2 amide bonds. The zero-order valence-electron chi connectivity index (χ0n) is 17.1. The van der Waals surface area contributed by atoms with E-state index in [9.17, 15) is 9.59 Å². The second kappa shape index (κ2) is 9.36. The van der Waals surface area contributed by atoms with Gasteiger partial charge in [-0.3, -0.25) is 14.9 Å². The second-order valence-corrected chi connectivity index (χ2v) is 9.15. The van der Waals surface area contributed by atoms with Crippen LogP contribution >= 0.6 is 23.1 Å². The Balaban J connectivity index is 1.32. The fourth-order valence-corrected chi connectivity index (χ4v) is 4.64. The van der Waals surface area contributed by atoms with Crippen LogP contribution in [0, 0.1) is 6.92 Å². The molecule has 4 rings (SSSR count). The van der Waals surface area contributed by atoms with Gasteiger partial charge in [-0.15, -0.1) is 11.3 Å². The van der Waals surface area contributed by atoms with Gasteiger partial charge in [0.2, 0.25) is 0 Å². The highest BCUT2D eigenvalue weighted by molar-refractivity contribution is 8.18. The number of nitrogens with zero attached hydrogens (tertiary/aromatic N) is 2. The van der Waals surface area contributed by atoms with Gasteiger partial charge in [-0.25, -0.2) is 4.98 Å². The molecule has 8 heteroatoms. The quantitative estimate of drug-likeness (QED) is 0.512. The van der Waals surface area contributed by atoms with Gasteiger partial charge in [0.15, 0.2) is 5.13 Å². The Kier molecular flexibility index (Phi) is 6.39. The van der Waals surface area contributed by atoms with Crippen molar-refractivity contribution in [2.24, 2.45) is 0 Å². The lowest BCUT2D eigenvalue weighted by atomic mass is 10.1. The van der Waals surface area contributed by atoms with Crippen molar-refractivity contribution in [1.29, 1.82) is 0 Å². The molecule has 2 heterocycles. The fourth-order valence-electron chi connectivity index (χ4n) is 3.04. The van der Waals surface area contributed by atoms with Crippen LogP contribution in [-0.4, -0.2) is 36.3 Å². The number of carbonyl (C=O) groups is 2. The molecular weight excluding hydrogens is 430 g/mol. The predicted octanol–water partition coefficient (Wildman–Crippen LogP) is 4.96. The Morgan fingerprint density at radius 2 is 1.84 bits per heavy atom. The molecule has 1 saturated heterocycles. The van der Waals surface area contributed by atoms with Gasteiger partial charge >= 0.3 is 0 Å². The van der Waals surface area contributed by atoms with Crippen LogP contribution in [0.25, 0.3) is 17.3 Å². The van der Waals surface area contributed by atoms with E-state index in [1.165, 1.54) is 4.88 Å². The highest BCUT2D eigenvalue weighted by Gasteiger charge is 2.24. The van der Waals surface area contributed by atoms with Crippen LogP contribution in [0.3, 0.4) is 0 Å². The molecule has 0 saturated carbocycles. The third-order valence-corrected chi connectivity index (χ3v) is 6.57. The van der Waals surface area contributed by atoms with Gasteiger partial charge in [0.1, 0.15) is 12.4 Å². The molecular formula is C23H21N3O3S2. The number of likely N-dealkylation sites (N-methyl/N-ethyl adjacent to an activating group) is 1. The highest BCUT2D eigenvalue weighted by atomic mass is 32.2. The summed E-state index contributed by atoms with van der Waals surface area (Å²) >= 11 is 2.58. The van der Waals surface area contributed by atoms with E-state index in [-0.39, 0.29) is 11.1 Å². The molecule has 1 aliphatic heterocycles. The number of thiazole rings is 1. The van der Waals surface area contributed by atoms with E-state index in [1.54, 1.807) is 17.4 Å². The third kappa shape index (κ3) is 5.15. The Hall–Kier alpha value is -3.10. The van der Waals surface area contributed by atoms with Gasteiger partial charge in [-0.1, -0.05) is 42.5 Å². The average Bonchev–Trinajstić information content (AvgIpc) is 3.31. The van der Waals surface area contributed by atoms with Crippen molar-refractivity contribution in [2.45, 2.75) is 6.92 Å². The molecule has 2 aromatic carbocycles. The number of hydrogen-bond acceptors (Lipinski definition) is 7. The van der Waals surface area contributed by atoms with Crippen LogP contribution in [0.4, 0.5) is 9.93 Å². The largest absolute Gasteiger partial charge is 0.492 e. The Morgan fingerprint density at radius 1 is 1.10 bits per heavy atom. The molecule has 0 spiro atoms. The zero-order valence-corrected chi connectivity index (χ0v) is 18.8. The highest BCUT2D eigenvalue weighted by Crippen LogP contribution is 2.32. The lowest BCUT2D eigenvalue weighted by molar-refractivity contribution is -0.115. The molecule has 158 valence electrons. The average molecular weight is 452 g/mol. The van der Waals surface area contributed by atoms with E-state index in [0.29, 0.717) is 18.1 Å². The minimum absolute atomic E-state index is 0.341. The molecule has 0 radical (unpaired) electrons. The summed E-state index contributed by atoms with van der Waals surface area (Å²) in [5.41, 5.74) is 2.98. The number of hydrogen-bond donors (Lipinski definition) is 1. The first-order valence-corrected chi connectivity index (χ1v) is 11.3. The molecule has 31 heavy (non-hydrogen) atoms. The van der Waals surface area contributed by atoms with E-state index < -0.39 is 0 Å².